The second kappa shape index (κ2) is 8.03. The second-order valence-corrected chi connectivity index (χ2v) is 4.09. The fourth-order valence-corrected chi connectivity index (χ4v) is 1.62. The van der Waals surface area contributed by atoms with E-state index in [0.29, 0.717) is 13.2 Å². The molecule has 1 rings (SSSR count). The summed E-state index contributed by atoms with van der Waals surface area (Å²) in [5, 5.41) is 8.64. The lowest BCUT2D eigenvalue weighted by atomic mass is 10.2. The molecule has 0 saturated heterocycles. The number of nitrogens with two attached hydrogens (primary N) is 1. The van der Waals surface area contributed by atoms with Crippen LogP contribution in [0.1, 0.15) is 37.1 Å². The third kappa shape index (κ3) is 5.15. The second-order valence-electron chi connectivity index (χ2n) is 4.09. The lowest BCUT2D eigenvalue weighted by molar-refractivity contribution is 0.272. The number of aromatic nitrogens is 1. The highest BCUT2D eigenvalue weighted by molar-refractivity contribution is 5.28. The predicted molar refractivity (Wildman–Crippen MR) is 67.9 cm³/mol. The molecule has 0 spiro atoms. The average Bonchev–Trinajstić information content (AvgIpc) is 2.35. The van der Waals surface area contributed by atoms with Crippen molar-refractivity contribution in [3.63, 3.8) is 0 Å². The van der Waals surface area contributed by atoms with Crippen LogP contribution in [-0.2, 0) is 6.54 Å². The third-order valence-electron chi connectivity index (χ3n) is 2.58. The molecule has 4 nitrogen and oxygen atoms in total. The number of ether oxygens (including phenoxy) is 1. The van der Waals surface area contributed by atoms with Gasteiger partial charge >= 0.3 is 0 Å². The van der Waals surface area contributed by atoms with Gasteiger partial charge in [0.15, 0.2) is 0 Å². The van der Waals surface area contributed by atoms with Crippen molar-refractivity contribution in [2.45, 2.75) is 39.2 Å². The minimum absolute atomic E-state index is 0.278. The summed E-state index contributed by atoms with van der Waals surface area (Å²) in [6.45, 7) is 3.31. The summed E-state index contributed by atoms with van der Waals surface area (Å²) in [5.74, 6) is 0.792. The fourth-order valence-electron chi connectivity index (χ4n) is 1.62. The van der Waals surface area contributed by atoms with Gasteiger partial charge in [0.05, 0.1) is 12.3 Å². The zero-order valence-corrected chi connectivity index (χ0v) is 10.5. The van der Waals surface area contributed by atoms with Crippen molar-refractivity contribution < 1.29 is 9.84 Å². The van der Waals surface area contributed by atoms with E-state index in [4.69, 9.17) is 15.6 Å². The van der Waals surface area contributed by atoms with Gasteiger partial charge in [-0.25, -0.2) is 0 Å². The van der Waals surface area contributed by atoms with Crippen LogP contribution < -0.4 is 10.5 Å². The van der Waals surface area contributed by atoms with Crippen molar-refractivity contribution in [3.8, 4) is 5.75 Å². The monoisotopic (exact) mass is 238 g/mol. The molecular weight excluding hydrogens is 216 g/mol. The van der Waals surface area contributed by atoms with Gasteiger partial charge in [-0.05, 0) is 38.3 Å². The van der Waals surface area contributed by atoms with Crippen LogP contribution >= 0.6 is 0 Å². The molecule has 0 saturated carbocycles. The number of hydrogen-bond donors (Lipinski definition) is 2. The van der Waals surface area contributed by atoms with Gasteiger partial charge in [-0.15, -0.1) is 0 Å². The number of aryl methyl sites for hydroxylation is 1. The number of nitrogens with zero attached hydrogens (tertiary/aromatic N) is 1. The molecule has 3 N–H and O–H groups in total. The van der Waals surface area contributed by atoms with Crippen LogP contribution in [0.4, 0.5) is 0 Å². The van der Waals surface area contributed by atoms with Crippen LogP contribution in [0.3, 0.4) is 0 Å². The summed E-state index contributed by atoms with van der Waals surface area (Å²) in [6.07, 6.45) is 4.01. The molecule has 0 radical (unpaired) electrons. The van der Waals surface area contributed by atoms with E-state index in [1.165, 1.54) is 0 Å². The maximum atomic E-state index is 8.64. The van der Waals surface area contributed by atoms with Crippen molar-refractivity contribution in [2.75, 3.05) is 13.2 Å². The Hall–Kier alpha value is -1.13. The summed E-state index contributed by atoms with van der Waals surface area (Å²) < 4.78 is 5.66. The van der Waals surface area contributed by atoms with Gasteiger partial charge < -0.3 is 15.6 Å². The average molecular weight is 238 g/mol. The quantitative estimate of drug-likeness (QED) is 0.677. The lowest BCUT2D eigenvalue weighted by Gasteiger charge is -2.10. The van der Waals surface area contributed by atoms with E-state index in [2.05, 4.69) is 4.98 Å². The first-order valence-corrected chi connectivity index (χ1v) is 6.18. The van der Waals surface area contributed by atoms with Gasteiger partial charge in [0, 0.05) is 18.8 Å². The molecule has 1 heterocycles. The van der Waals surface area contributed by atoms with Gasteiger partial charge in [0.25, 0.3) is 0 Å². The summed E-state index contributed by atoms with van der Waals surface area (Å²) in [7, 11) is 0. The smallest absolute Gasteiger partial charge is 0.142 e. The SMILES string of the molecule is Cc1ccc(OCCCCCCO)c(CN)n1. The number of aliphatic hydroxyl groups is 1. The molecule has 0 aliphatic carbocycles. The number of rotatable bonds is 8. The third-order valence-corrected chi connectivity index (χ3v) is 2.58. The molecule has 4 heteroatoms. The summed E-state index contributed by atoms with van der Waals surface area (Å²) in [4.78, 5) is 4.34. The highest BCUT2D eigenvalue weighted by atomic mass is 16.5. The Balaban J connectivity index is 2.31. The van der Waals surface area contributed by atoms with Crippen LogP contribution in [0.2, 0.25) is 0 Å². The maximum absolute atomic E-state index is 8.64. The van der Waals surface area contributed by atoms with Crippen molar-refractivity contribution in [1.29, 1.82) is 0 Å². The molecule has 0 aromatic carbocycles. The maximum Gasteiger partial charge on any atom is 0.142 e. The van der Waals surface area contributed by atoms with Crippen molar-refractivity contribution in [3.05, 3.63) is 23.5 Å². The molecule has 0 aliphatic heterocycles. The topological polar surface area (TPSA) is 68.4 Å². The Bertz CT molecular complexity index is 329. The van der Waals surface area contributed by atoms with Gasteiger partial charge in [-0.2, -0.15) is 0 Å². The van der Waals surface area contributed by atoms with E-state index in [1.807, 2.05) is 19.1 Å². The molecule has 1 aromatic rings. The number of pyridine rings is 1. The molecule has 0 aliphatic rings. The van der Waals surface area contributed by atoms with Crippen molar-refractivity contribution in [2.24, 2.45) is 5.73 Å². The summed E-state index contributed by atoms with van der Waals surface area (Å²) in [6, 6.07) is 3.86. The van der Waals surface area contributed by atoms with E-state index < -0.39 is 0 Å². The molecule has 0 fully saturated rings. The minimum Gasteiger partial charge on any atom is -0.492 e. The van der Waals surface area contributed by atoms with E-state index in [1.54, 1.807) is 0 Å². The Kier molecular flexibility index (Phi) is 6.58. The Morgan fingerprint density at radius 3 is 2.71 bits per heavy atom. The summed E-state index contributed by atoms with van der Waals surface area (Å²) >= 11 is 0. The normalized spacial score (nSPS) is 10.5. The lowest BCUT2D eigenvalue weighted by Crippen LogP contribution is -2.06. The van der Waals surface area contributed by atoms with Crippen LogP contribution in [0.25, 0.3) is 0 Å². The Morgan fingerprint density at radius 2 is 2.00 bits per heavy atom. The van der Waals surface area contributed by atoms with E-state index >= 15 is 0 Å². The molecule has 0 bridgehead atoms. The van der Waals surface area contributed by atoms with Crippen molar-refractivity contribution >= 4 is 0 Å². The van der Waals surface area contributed by atoms with Crippen LogP contribution in [-0.4, -0.2) is 23.3 Å². The van der Waals surface area contributed by atoms with E-state index in [9.17, 15) is 0 Å². The Labute approximate surface area is 103 Å². The predicted octanol–water partition coefficient (Wildman–Crippen LogP) is 1.78. The molecular formula is C13H22N2O2. The summed E-state index contributed by atoms with van der Waals surface area (Å²) in [5.41, 5.74) is 7.40. The molecule has 17 heavy (non-hydrogen) atoms. The zero-order valence-electron chi connectivity index (χ0n) is 10.5. The standard InChI is InChI=1S/C13H22N2O2/c1-11-6-7-13(12(10-14)15-11)17-9-5-3-2-4-8-16/h6-7,16H,2-5,8-10,14H2,1H3. The minimum atomic E-state index is 0.278. The van der Waals surface area contributed by atoms with Gasteiger partial charge in [0.1, 0.15) is 5.75 Å². The van der Waals surface area contributed by atoms with E-state index in [0.717, 1.165) is 42.8 Å². The van der Waals surface area contributed by atoms with Gasteiger partial charge in [-0.1, -0.05) is 6.42 Å². The first-order valence-electron chi connectivity index (χ1n) is 6.18. The zero-order chi connectivity index (χ0) is 12.5. The molecule has 0 amide bonds. The van der Waals surface area contributed by atoms with Crippen LogP contribution in [0, 0.1) is 6.92 Å². The molecule has 0 unspecified atom stereocenters. The van der Waals surface area contributed by atoms with Crippen LogP contribution in [0.5, 0.6) is 5.75 Å². The van der Waals surface area contributed by atoms with Crippen LogP contribution in [0.15, 0.2) is 12.1 Å². The largest absolute Gasteiger partial charge is 0.492 e. The highest BCUT2D eigenvalue weighted by Gasteiger charge is 2.03. The first-order chi connectivity index (χ1) is 8.27. The number of aliphatic hydroxyl groups excluding tert-OH is 1. The molecule has 1 aromatic heterocycles. The Morgan fingerprint density at radius 1 is 1.24 bits per heavy atom. The van der Waals surface area contributed by atoms with Gasteiger partial charge in [0.2, 0.25) is 0 Å². The van der Waals surface area contributed by atoms with Crippen molar-refractivity contribution in [1.82, 2.24) is 4.98 Å². The molecule has 0 atom stereocenters. The van der Waals surface area contributed by atoms with Gasteiger partial charge in [-0.3, -0.25) is 4.98 Å². The van der Waals surface area contributed by atoms with E-state index in [-0.39, 0.29) is 6.61 Å². The fraction of sp³-hybridized carbons (Fsp3) is 0.615. The highest BCUT2D eigenvalue weighted by Crippen LogP contribution is 2.16. The first kappa shape index (κ1) is 13.9. The number of unbranched alkanes of at least 4 members (excludes halogenated alkanes) is 3. The molecule has 96 valence electrons. The number of hydrogen-bond acceptors (Lipinski definition) is 4.